The van der Waals surface area contributed by atoms with E-state index in [9.17, 15) is 4.79 Å². The minimum Gasteiger partial charge on any atom is -0.479 e. The highest BCUT2D eigenvalue weighted by atomic mass is 16.7. The summed E-state index contributed by atoms with van der Waals surface area (Å²) in [6.07, 6.45) is 0.326. The number of carbonyl (C=O) groups is 1. The molecule has 0 bridgehead atoms. The van der Waals surface area contributed by atoms with Crippen LogP contribution < -0.4 is 5.90 Å². The Morgan fingerprint density at radius 3 is 2.38 bits per heavy atom. The molecule has 5 nitrogen and oxygen atoms in total. The second-order valence-corrected chi connectivity index (χ2v) is 3.45. The first kappa shape index (κ1) is 12.3. The standard InChI is InChI=1S/C8H17NO4/c1-6(2)4-8(13-9,5-12-3)7(10)11/h6H,4-5,9H2,1-3H3,(H,10,11). The van der Waals surface area contributed by atoms with E-state index in [0.29, 0.717) is 6.42 Å². The smallest absolute Gasteiger partial charge is 0.340 e. The molecule has 0 saturated carbocycles. The maximum atomic E-state index is 10.9. The fourth-order valence-electron chi connectivity index (χ4n) is 1.23. The molecule has 0 rings (SSSR count). The van der Waals surface area contributed by atoms with Crippen molar-refractivity contribution in [3.8, 4) is 0 Å². The van der Waals surface area contributed by atoms with Crippen molar-refractivity contribution < 1.29 is 19.5 Å². The summed E-state index contributed by atoms with van der Waals surface area (Å²) < 4.78 is 4.77. The Kier molecular flexibility index (Phi) is 4.90. The van der Waals surface area contributed by atoms with Crippen LogP contribution in [-0.2, 0) is 14.4 Å². The zero-order valence-electron chi connectivity index (χ0n) is 8.24. The van der Waals surface area contributed by atoms with Crippen LogP contribution in [0.1, 0.15) is 20.3 Å². The molecule has 3 N–H and O–H groups in total. The lowest BCUT2D eigenvalue weighted by Crippen LogP contribution is -2.48. The van der Waals surface area contributed by atoms with E-state index >= 15 is 0 Å². The number of methoxy groups -OCH3 is 1. The van der Waals surface area contributed by atoms with Crippen LogP contribution in [0.3, 0.4) is 0 Å². The van der Waals surface area contributed by atoms with Gasteiger partial charge in [-0.15, -0.1) is 0 Å². The average molecular weight is 191 g/mol. The molecule has 5 heteroatoms. The monoisotopic (exact) mass is 191 g/mol. The van der Waals surface area contributed by atoms with E-state index in [0.717, 1.165) is 0 Å². The number of hydrogen-bond acceptors (Lipinski definition) is 4. The maximum Gasteiger partial charge on any atom is 0.340 e. The fraction of sp³-hybridized carbons (Fsp3) is 0.875. The summed E-state index contributed by atoms with van der Waals surface area (Å²) in [5.41, 5.74) is -1.41. The third-order valence-corrected chi connectivity index (χ3v) is 1.73. The molecule has 78 valence electrons. The van der Waals surface area contributed by atoms with Gasteiger partial charge >= 0.3 is 5.97 Å². The van der Waals surface area contributed by atoms with Crippen molar-refractivity contribution in [2.24, 2.45) is 11.8 Å². The Morgan fingerprint density at radius 1 is 1.62 bits per heavy atom. The molecule has 13 heavy (non-hydrogen) atoms. The van der Waals surface area contributed by atoms with E-state index in [1.807, 2.05) is 13.8 Å². The molecule has 0 aliphatic heterocycles. The van der Waals surface area contributed by atoms with Crippen molar-refractivity contribution in [2.45, 2.75) is 25.9 Å². The minimum atomic E-state index is -1.41. The van der Waals surface area contributed by atoms with Gasteiger partial charge in [-0.3, -0.25) is 4.84 Å². The van der Waals surface area contributed by atoms with E-state index in [4.69, 9.17) is 15.7 Å². The number of nitrogens with two attached hydrogens (primary N) is 1. The van der Waals surface area contributed by atoms with Gasteiger partial charge in [0.15, 0.2) is 0 Å². The summed E-state index contributed by atoms with van der Waals surface area (Å²) in [6.45, 7) is 3.75. The third-order valence-electron chi connectivity index (χ3n) is 1.73. The van der Waals surface area contributed by atoms with Gasteiger partial charge in [0.05, 0.1) is 6.61 Å². The second-order valence-electron chi connectivity index (χ2n) is 3.45. The second kappa shape index (κ2) is 5.16. The zero-order valence-corrected chi connectivity index (χ0v) is 8.24. The molecule has 0 aromatic carbocycles. The van der Waals surface area contributed by atoms with Gasteiger partial charge in [-0.1, -0.05) is 13.8 Å². The first-order valence-corrected chi connectivity index (χ1v) is 4.08. The van der Waals surface area contributed by atoms with Gasteiger partial charge in [0.1, 0.15) is 0 Å². The maximum absolute atomic E-state index is 10.9. The molecule has 1 unspecified atom stereocenters. The molecule has 0 saturated heterocycles. The summed E-state index contributed by atoms with van der Waals surface area (Å²) in [5, 5.41) is 8.92. The van der Waals surface area contributed by atoms with Crippen LogP contribution >= 0.6 is 0 Å². The molecular formula is C8H17NO4. The van der Waals surface area contributed by atoms with Gasteiger partial charge in [-0.05, 0) is 12.3 Å². The van der Waals surface area contributed by atoms with Crippen molar-refractivity contribution in [1.82, 2.24) is 0 Å². The summed E-state index contributed by atoms with van der Waals surface area (Å²) in [5.74, 6) is 4.07. The summed E-state index contributed by atoms with van der Waals surface area (Å²) in [7, 11) is 1.41. The topological polar surface area (TPSA) is 81.8 Å². The molecule has 0 aliphatic rings. The van der Waals surface area contributed by atoms with Crippen molar-refractivity contribution in [1.29, 1.82) is 0 Å². The molecule has 0 aromatic rings. The highest BCUT2D eigenvalue weighted by Crippen LogP contribution is 2.20. The van der Waals surface area contributed by atoms with Gasteiger partial charge in [0, 0.05) is 7.11 Å². The third kappa shape index (κ3) is 3.30. The normalized spacial score (nSPS) is 15.8. The Labute approximate surface area is 77.8 Å². The molecule has 0 aliphatic carbocycles. The van der Waals surface area contributed by atoms with Crippen LogP contribution in [0.4, 0.5) is 0 Å². The SMILES string of the molecule is COCC(CC(C)C)(ON)C(=O)O. The van der Waals surface area contributed by atoms with E-state index in [1.165, 1.54) is 7.11 Å². The predicted molar refractivity (Wildman–Crippen MR) is 47.0 cm³/mol. The first-order valence-electron chi connectivity index (χ1n) is 4.08. The largest absolute Gasteiger partial charge is 0.479 e. The van der Waals surface area contributed by atoms with Crippen LogP contribution in [0.15, 0.2) is 0 Å². The summed E-state index contributed by atoms with van der Waals surface area (Å²) in [6, 6.07) is 0. The molecular weight excluding hydrogens is 174 g/mol. The molecule has 0 heterocycles. The highest BCUT2D eigenvalue weighted by molar-refractivity contribution is 5.77. The van der Waals surface area contributed by atoms with Crippen LogP contribution in [0, 0.1) is 5.92 Å². The Balaban J connectivity index is 4.54. The molecule has 1 atom stereocenters. The van der Waals surface area contributed by atoms with Crippen LogP contribution in [0.2, 0.25) is 0 Å². The average Bonchev–Trinajstić information content (AvgIpc) is 2.02. The first-order chi connectivity index (χ1) is 5.98. The molecule has 0 aromatic heterocycles. The Hall–Kier alpha value is -0.650. The summed E-state index contributed by atoms with van der Waals surface area (Å²) >= 11 is 0. The van der Waals surface area contributed by atoms with Crippen LogP contribution in [-0.4, -0.2) is 30.4 Å². The lowest BCUT2D eigenvalue weighted by Gasteiger charge is -2.27. The van der Waals surface area contributed by atoms with Crippen LogP contribution in [0.5, 0.6) is 0 Å². The number of aliphatic carboxylic acids is 1. The Morgan fingerprint density at radius 2 is 2.15 bits per heavy atom. The number of carboxylic acid groups (broad SMARTS) is 1. The summed E-state index contributed by atoms with van der Waals surface area (Å²) in [4.78, 5) is 15.4. The van der Waals surface area contributed by atoms with Gasteiger partial charge in [-0.2, -0.15) is 0 Å². The molecule has 0 fully saturated rings. The fourth-order valence-corrected chi connectivity index (χ4v) is 1.23. The van der Waals surface area contributed by atoms with Gasteiger partial charge in [0.25, 0.3) is 0 Å². The van der Waals surface area contributed by atoms with Gasteiger partial charge in [-0.25, -0.2) is 10.7 Å². The Bertz CT molecular complexity index is 172. The van der Waals surface area contributed by atoms with Crippen LogP contribution in [0.25, 0.3) is 0 Å². The van der Waals surface area contributed by atoms with Crippen molar-refractivity contribution in [3.63, 3.8) is 0 Å². The van der Waals surface area contributed by atoms with Crippen molar-refractivity contribution >= 4 is 5.97 Å². The lowest BCUT2D eigenvalue weighted by atomic mass is 9.93. The number of carboxylic acids is 1. The van der Waals surface area contributed by atoms with Gasteiger partial charge < -0.3 is 9.84 Å². The number of hydrogen-bond donors (Lipinski definition) is 2. The highest BCUT2D eigenvalue weighted by Gasteiger charge is 2.40. The molecule has 0 amide bonds. The van der Waals surface area contributed by atoms with E-state index in [-0.39, 0.29) is 12.5 Å². The minimum absolute atomic E-state index is 0.0446. The quantitative estimate of drug-likeness (QED) is 0.593. The van der Waals surface area contributed by atoms with Crippen molar-refractivity contribution in [2.75, 3.05) is 13.7 Å². The zero-order chi connectivity index (χ0) is 10.5. The van der Waals surface area contributed by atoms with Gasteiger partial charge in [0.2, 0.25) is 5.60 Å². The van der Waals surface area contributed by atoms with E-state index in [2.05, 4.69) is 4.84 Å². The number of rotatable bonds is 6. The lowest BCUT2D eigenvalue weighted by molar-refractivity contribution is -0.177. The van der Waals surface area contributed by atoms with E-state index < -0.39 is 11.6 Å². The van der Waals surface area contributed by atoms with Crippen molar-refractivity contribution in [3.05, 3.63) is 0 Å². The predicted octanol–water partition coefficient (Wildman–Crippen LogP) is 0.393. The van der Waals surface area contributed by atoms with E-state index in [1.54, 1.807) is 0 Å². The molecule has 0 spiro atoms. The molecule has 0 radical (unpaired) electrons. The number of ether oxygens (including phenoxy) is 1.